The van der Waals surface area contributed by atoms with Crippen LogP contribution in [0.1, 0.15) is 36.7 Å². The molecule has 0 aliphatic rings. The minimum absolute atomic E-state index is 0.214. The molecule has 2 N–H and O–H groups in total. The second-order valence-corrected chi connectivity index (χ2v) is 7.41. The van der Waals surface area contributed by atoms with Crippen molar-refractivity contribution in [3.63, 3.8) is 0 Å². The minimum Gasteiger partial charge on any atom is -0.496 e. The van der Waals surface area contributed by atoms with Crippen LogP contribution in [-0.4, -0.2) is 38.9 Å². The van der Waals surface area contributed by atoms with E-state index in [1.807, 2.05) is 0 Å². The number of ether oxygens (including phenoxy) is 4. The van der Waals surface area contributed by atoms with Gasteiger partial charge in [0, 0.05) is 29.4 Å². The highest BCUT2D eigenvalue weighted by molar-refractivity contribution is 5.96. The normalized spacial score (nSPS) is 10.7. The van der Waals surface area contributed by atoms with E-state index in [1.54, 1.807) is 64.3 Å². The predicted molar refractivity (Wildman–Crippen MR) is 114 cm³/mol. The zero-order valence-electron chi connectivity index (χ0n) is 18.1. The van der Waals surface area contributed by atoms with Crippen molar-refractivity contribution in [3.05, 3.63) is 47.5 Å². The number of nitrogens with one attached hydrogen (secondary N) is 2. The predicted octanol–water partition coefficient (Wildman–Crippen LogP) is 3.99. The van der Waals surface area contributed by atoms with Crippen molar-refractivity contribution in [2.24, 2.45) is 0 Å². The van der Waals surface area contributed by atoms with Gasteiger partial charge in [0.1, 0.15) is 11.4 Å². The molecule has 0 radical (unpaired) electrons. The first kappa shape index (κ1) is 22.9. The minimum atomic E-state index is -0.614. The van der Waals surface area contributed by atoms with E-state index in [9.17, 15) is 9.59 Å². The number of methoxy groups -OCH3 is 3. The number of carbonyl (C=O) groups is 2. The Kier molecular flexibility index (Phi) is 7.52. The lowest BCUT2D eigenvalue weighted by molar-refractivity contribution is 0.0635. The molecule has 0 saturated heterocycles. The van der Waals surface area contributed by atoms with Crippen LogP contribution < -0.4 is 24.8 Å². The first-order valence-electron chi connectivity index (χ1n) is 9.34. The van der Waals surface area contributed by atoms with Gasteiger partial charge in [-0.2, -0.15) is 0 Å². The van der Waals surface area contributed by atoms with Crippen LogP contribution in [0.25, 0.3) is 0 Å². The van der Waals surface area contributed by atoms with Crippen molar-refractivity contribution < 1.29 is 28.5 Å². The van der Waals surface area contributed by atoms with Crippen LogP contribution >= 0.6 is 0 Å². The summed E-state index contributed by atoms with van der Waals surface area (Å²) in [7, 11) is 4.62. The van der Waals surface area contributed by atoms with E-state index in [0.29, 0.717) is 28.5 Å². The Morgan fingerprint density at radius 1 is 0.900 bits per heavy atom. The summed E-state index contributed by atoms with van der Waals surface area (Å²) in [4.78, 5) is 24.5. The zero-order chi connectivity index (χ0) is 22.3. The molecular formula is C22H28N2O6. The third-order valence-electron chi connectivity index (χ3n) is 4.00. The molecule has 8 nitrogen and oxygen atoms in total. The molecule has 2 aromatic rings. The molecule has 0 aromatic heterocycles. The van der Waals surface area contributed by atoms with E-state index in [1.165, 1.54) is 14.2 Å². The van der Waals surface area contributed by atoms with E-state index in [-0.39, 0.29) is 12.5 Å². The fourth-order valence-electron chi connectivity index (χ4n) is 2.67. The Morgan fingerprint density at radius 3 is 2.13 bits per heavy atom. The summed E-state index contributed by atoms with van der Waals surface area (Å²) >= 11 is 0. The molecule has 2 aromatic carbocycles. The van der Waals surface area contributed by atoms with Gasteiger partial charge in [0.2, 0.25) is 0 Å². The molecular weight excluding hydrogens is 388 g/mol. The van der Waals surface area contributed by atoms with Crippen LogP contribution in [0.5, 0.6) is 17.2 Å². The molecule has 0 bridgehead atoms. The van der Waals surface area contributed by atoms with Crippen LogP contribution in [-0.2, 0) is 11.3 Å². The van der Waals surface area contributed by atoms with Gasteiger partial charge >= 0.3 is 6.09 Å². The average Bonchev–Trinajstić information content (AvgIpc) is 2.69. The number of benzene rings is 2. The van der Waals surface area contributed by atoms with E-state index in [4.69, 9.17) is 18.9 Å². The summed E-state index contributed by atoms with van der Waals surface area (Å²) in [5.41, 5.74) is 0.965. The molecule has 0 aliphatic carbocycles. The monoisotopic (exact) mass is 416 g/mol. The van der Waals surface area contributed by atoms with Gasteiger partial charge in [-0.15, -0.1) is 0 Å². The van der Waals surface area contributed by atoms with E-state index >= 15 is 0 Å². The van der Waals surface area contributed by atoms with Crippen molar-refractivity contribution in [2.75, 3.05) is 26.6 Å². The Balaban J connectivity index is 2.09. The zero-order valence-corrected chi connectivity index (χ0v) is 18.1. The van der Waals surface area contributed by atoms with Crippen molar-refractivity contribution in [1.29, 1.82) is 0 Å². The number of hydrogen-bond acceptors (Lipinski definition) is 6. The molecule has 30 heavy (non-hydrogen) atoms. The third-order valence-corrected chi connectivity index (χ3v) is 4.00. The molecule has 0 saturated carbocycles. The lowest BCUT2D eigenvalue weighted by atomic mass is 10.1. The summed E-state index contributed by atoms with van der Waals surface area (Å²) in [6.07, 6.45) is -0.588. The van der Waals surface area contributed by atoms with Gasteiger partial charge in [-0.1, -0.05) is 6.07 Å². The standard InChI is InChI=1S/C22H28N2O6/c1-22(2,3)30-21(26)24-16-9-7-8-14(10-16)20(25)23-13-15-11-18(28-5)19(29-6)12-17(15)27-4/h7-12H,13H2,1-6H3,(H,23,25)(H,24,26). The molecule has 0 heterocycles. The van der Waals surface area contributed by atoms with Crippen LogP contribution in [0.4, 0.5) is 10.5 Å². The number of carbonyl (C=O) groups excluding carboxylic acids is 2. The van der Waals surface area contributed by atoms with Crippen LogP contribution in [0, 0.1) is 0 Å². The van der Waals surface area contributed by atoms with Gasteiger partial charge in [0.15, 0.2) is 11.5 Å². The second-order valence-electron chi connectivity index (χ2n) is 7.41. The molecule has 2 rings (SSSR count). The first-order valence-corrected chi connectivity index (χ1v) is 9.34. The van der Waals surface area contributed by atoms with Gasteiger partial charge in [0.25, 0.3) is 5.91 Å². The number of rotatable bonds is 7. The van der Waals surface area contributed by atoms with E-state index < -0.39 is 11.7 Å². The number of hydrogen-bond donors (Lipinski definition) is 2. The molecule has 0 spiro atoms. The fourth-order valence-corrected chi connectivity index (χ4v) is 2.67. The average molecular weight is 416 g/mol. The highest BCUT2D eigenvalue weighted by atomic mass is 16.6. The maximum absolute atomic E-state index is 12.6. The summed E-state index contributed by atoms with van der Waals surface area (Å²) in [5.74, 6) is 1.32. The fraction of sp³-hybridized carbons (Fsp3) is 0.364. The molecule has 162 valence electrons. The van der Waals surface area contributed by atoms with Gasteiger partial charge in [-0.25, -0.2) is 4.79 Å². The molecule has 0 aliphatic heterocycles. The summed E-state index contributed by atoms with van der Waals surface area (Å²) in [6, 6.07) is 10.0. The third kappa shape index (κ3) is 6.30. The maximum Gasteiger partial charge on any atom is 0.412 e. The van der Waals surface area contributed by atoms with Crippen molar-refractivity contribution in [2.45, 2.75) is 32.9 Å². The lowest BCUT2D eigenvalue weighted by Gasteiger charge is -2.19. The van der Waals surface area contributed by atoms with Crippen molar-refractivity contribution in [3.8, 4) is 17.2 Å². The smallest absolute Gasteiger partial charge is 0.412 e. The first-order chi connectivity index (χ1) is 14.2. The maximum atomic E-state index is 12.6. The lowest BCUT2D eigenvalue weighted by Crippen LogP contribution is -2.27. The highest BCUT2D eigenvalue weighted by Crippen LogP contribution is 2.34. The number of anilines is 1. The Morgan fingerprint density at radius 2 is 1.53 bits per heavy atom. The Bertz CT molecular complexity index is 905. The second kappa shape index (κ2) is 9.87. The topological polar surface area (TPSA) is 95.1 Å². The van der Waals surface area contributed by atoms with Crippen molar-refractivity contribution in [1.82, 2.24) is 5.32 Å². The summed E-state index contributed by atoms with van der Waals surface area (Å²) in [5, 5.41) is 5.46. The largest absolute Gasteiger partial charge is 0.496 e. The molecule has 0 fully saturated rings. The summed E-state index contributed by atoms with van der Waals surface area (Å²) in [6.45, 7) is 5.54. The van der Waals surface area contributed by atoms with Gasteiger partial charge < -0.3 is 24.3 Å². The van der Waals surface area contributed by atoms with E-state index in [0.717, 1.165) is 5.56 Å². The number of amides is 2. The van der Waals surface area contributed by atoms with Gasteiger partial charge in [-0.3, -0.25) is 10.1 Å². The summed E-state index contributed by atoms with van der Waals surface area (Å²) < 4.78 is 21.2. The SMILES string of the molecule is COc1cc(OC)c(OC)cc1CNC(=O)c1cccc(NC(=O)OC(C)(C)C)c1. The van der Waals surface area contributed by atoms with Crippen LogP contribution in [0.15, 0.2) is 36.4 Å². The molecule has 0 atom stereocenters. The Hall–Kier alpha value is -3.42. The van der Waals surface area contributed by atoms with Gasteiger partial charge in [-0.05, 0) is 45.0 Å². The quantitative estimate of drug-likeness (QED) is 0.709. The van der Waals surface area contributed by atoms with Gasteiger partial charge in [0.05, 0.1) is 21.3 Å². The van der Waals surface area contributed by atoms with Crippen molar-refractivity contribution >= 4 is 17.7 Å². The Labute approximate surface area is 176 Å². The highest BCUT2D eigenvalue weighted by Gasteiger charge is 2.17. The van der Waals surface area contributed by atoms with Crippen LogP contribution in [0.2, 0.25) is 0 Å². The van der Waals surface area contributed by atoms with E-state index in [2.05, 4.69) is 10.6 Å². The van der Waals surface area contributed by atoms with Crippen LogP contribution in [0.3, 0.4) is 0 Å². The molecule has 0 unspecified atom stereocenters. The molecule has 8 heteroatoms. The molecule has 2 amide bonds.